The quantitative estimate of drug-likeness (QED) is 0.899. The normalized spacial score (nSPS) is 23.8. The van der Waals surface area contributed by atoms with E-state index in [1.807, 2.05) is 0 Å². The Labute approximate surface area is 143 Å². The number of nitrogens with one attached hydrogen (secondary N) is 1. The number of aromatic nitrogens is 1. The van der Waals surface area contributed by atoms with Crippen molar-refractivity contribution in [1.82, 2.24) is 14.6 Å². The van der Waals surface area contributed by atoms with Crippen LogP contribution >= 0.6 is 0 Å². The maximum atomic E-state index is 12.7. The molecule has 1 aliphatic carbocycles. The molecule has 1 N–H and O–H groups in total. The number of carbonyl (C=O) groups excluding carboxylic acids is 1. The molecule has 0 spiro atoms. The average Bonchev–Trinajstić information content (AvgIpc) is 2.63. The molecule has 2 fully saturated rings. The molecule has 7 heteroatoms. The van der Waals surface area contributed by atoms with Crippen LogP contribution in [0.1, 0.15) is 44.9 Å². The zero-order valence-corrected chi connectivity index (χ0v) is 14.7. The molecule has 6 nitrogen and oxygen atoms in total. The Morgan fingerprint density at radius 3 is 2.67 bits per heavy atom. The summed E-state index contributed by atoms with van der Waals surface area (Å²) in [5.41, 5.74) is 0. The summed E-state index contributed by atoms with van der Waals surface area (Å²) in [6.07, 6.45) is 9.87. The molecule has 24 heavy (non-hydrogen) atoms. The first-order chi connectivity index (χ1) is 11.6. The van der Waals surface area contributed by atoms with Gasteiger partial charge in [-0.05, 0) is 37.8 Å². The summed E-state index contributed by atoms with van der Waals surface area (Å²) in [6, 6.07) is 3.09. The van der Waals surface area contributed by atoms with E-state index >= 15 is 0 Å². The van der Waals surface area contributed by atoms with Gasteiger partial charge in [0.1, 0.15) is 4.90 Å². The van der Waals surface area contributed by atoms with Crippen molar-refractivity contribution in [3.8, 4) is 0 Å². The van der Waals surface area contributed by atoms with Gasteiger partial charge < -0.3 is 5.32 Å². The smallest absolute Gasteiger partial charge is 0.244 e. The van der Waals surface area contributed by atoms with Crippen molar-refractivity contribution in [1.29, 1.82) is 0 Å². The molecule has 0 radical (unpaired) electrons. The van der Waals surface area contributed by atoms with Crippen LogP contribution in [0.25, 0.3) is 0 Å². The van der Waals surface area contributed by atoms with Gasteiger partial charge in [0.05, 0.1) is 0 Å². The molecule has 0 aromatic carbocycles. The fourth-order valence-corrected chi connectivity index (χ4v) is 5.10. The number of amides is 1. The SMILES string of the molecule is O=C(N[C@H]1CCCN(S(=O)(=O)c2cccnc2)C1)C1CCCCC1. The van der Waals surface area contributed by atoms with Crippen molar-refractivity contribution < 1.29 is 13.2 Å². The van der Waals surface area contributed by atoms with Gasteiger partial charge in [-0.3, -0.25) is 9.78 Å². The molecule has 1 aromatic rings. The number of pyridine rings is 1. The summed E-state index contributed by atoms with van der Waals surface area (Å²) in [4.78, 5) is 16.5. The molecule has 1 aliphatic heterocycles. The third-order valence-corrected chi connectivity index (χ3v) is 6.83. The standard InChI is InChI=1S/C17H25N3O3S/c21-17(14-6-2-1-3-7-14)19-15-8-5-11-20(13-15)24(22,23)16-9-4-10-18-12-16/h4,9-10,12,14-15H,1-3,5-8,11,13H2,(H,19,21)/t15-/m0/s1. The number of nitrogens with zero attached hydrogens (tertiary/aromatic N) is 2. The van der Waals surface area contributed by atoms with E-state index in [9.17, 15) is 13.2 Å². The van der Waals surface area contributed by atoms with Gasteiger partial charge in [-0.2, -0.15) is 4.31 Å². The first kappa shape index (κ1) is 17.4. The predicted octanol–water partition coefficient (Wildman–Crippen LogP) is 1.93. The Morgan fingerprint density at radius 1 is 1.17 bits per heavy atom. The highest BCUT2D eigenvalue weighted by molar-refractivity contribution is 7.89. The van der Waals surface area contributed by atoms with E-state index in [2.05, 4.69) is 10.3 Å². The highest BCUT2D eigenvalue weighted by Gasteiger charge is 2.32. The van der Waals surface area contributed by atoms with Crippen molar-refractivity contribution in [3.63, 3.8) is 0 Å². The summed E-state index contributed by atoms with van der Waals surface area (Å²) < 4.78 is 26.9. The Balaban J connectivity index is 1.63. The number of piperidine rings is 1. The first-order valence-corrected chi connectivity index (χ1v) is 10.2. The summed E-state index contributed by atoms with van der Waals surface area (Å²) >= 11 is 0. The second kappa shape index (κ2) is 7.61. The Kier molecular flexibility index (Phi) is 5.50. The molecule has 0 unspecified atom stereocenters. The van der Waals surface area contributed by atoms with Gasteiger partial charge in [-0.15, -0.1) is 0 Å². The van der Waals surface area contributed by atoms with Crippen molar-refractivity contribution in [3.05, 3.63) is 24.5 Å². The number of rotatable bonds is 4. The Bertz CT molecular complexity index is 657. The van der Waals surface area contributed by atoms with E-state index < -0.39 is 10.0 Å². The lowest BCUT2D eigenvalue weighted by Crippen LogP contribution is -2.50. The third kappa shape index (κ3) is 3.95. The van der Waals surface area contributed by atoms with Crippen molar-refractivity contribution in [2.45, 2.75) is 55.9 Å². The van der Waals surface area contributed by atoms with E-state index in [1.54, 1.807) is 18.3 Å². The van der Waals surface area contributed by atoms with Crippen molar-refractivity contribution >= 4 is 15.9 Å². The summed E-state index contributed by atoms with van der Waals surface area (Å²) in [5, 5.41) is 3.08. The van der Waals surface area contributed by atoms with Gasteiger partial charge >= 0.3 is 0 Å². The van der Waals surface area contributed by atoms with Gasteiger partial charge in [-0.1, -0.05) is 19.3 Å². The van der Waals surface area contributed by atoms with Crippen LogP contribution in [0.5, 0.6) is 0 Å². The maximum absolute atomic E-state index is 12.7. The molecular formula is C17H25N3O3S. The fraction of sp³-hybridized carbons (Fsp3) is 0.647. The molecule has 132 valence electrons. The fourth-order valence-electron chi connectivity index (χ4n) is 3.61. The molecule has 2 aliphatic rings. The Morgan fingerprint density at radius 2 is 1.96 bits per heavy atom. The average molecular weight is 351 g/mol. The van der Waals surface area contributed by atoms with Gasteiger partial charge in [0.2, 0.25) is 15.9 Å². The molecule has 1 atom stereocenters. The third-order valence-electron chi connectivity index (χ3n) is 4.98. The molecule has 3 rings (SSSR count). The number of carbonyl (C=O) groups is 1. The minimum absolute atomic E-state index is 0.0975. The molecule has 1 amide bonds. The van der Waals surface area contributed by atoms with Gasteiger partial charge in [0.25, 0.3) is 0 Å². The lowest BCUT2D eigenvalue weighted by molar-refractivity contribution is -0.126. The van der Waals surface area contributed by atoms with Gasteiger partial charge in [0, 0.05) is 37.4 Å². The monoisotopic (exact) mass is 351 g/mol. The molecule has 0 bridgehead atoms. The number of sulfonamides is 1. The van der Waals surface area contributed by atoms with Gasteiger partial charge in [0.15, 0.2) is 0 Å². The van der Waals surface area contributed by atoms with Crippen molar-refractivity contribution in [2.75, 3.05) is 13.1 Å². The summed E-state index contributed by atoms with van der Waals surface area (Å²) in [7, 11) is -3.54. The van der Waals surface area contributed by atoms with Gasteiger partial charge in [-0.25, -0.2) is 8.42 Å². The minimum Gasteiger partial charge on any atom is -0.352 e. The topological polar surface area (TPSA) is 79.4 Å². The van der Waals surface area contributed by atoms with Crippen LogP contribution in [-0.4, -0.2) is 42.7 Å². The van der Waals surface area contributed by atoms with Crippen LogP contribution in [0.4, 0.5) is 0 Å². The molecule has 1 aromatic heterocycles. The summed E-state index contributed by atoms with van der Waals surface area (Å²) in [5.74, 6) is 0.199. The number of hydrogen-bond donors (Lipinski definition) is 1. The molecule has 1 saturated carbocycles. The van der Waals surface area contributed by atoms with E-state index in [4.69, 9.17) is 0 Å². The van der Waals surface area contributed by atoms with E-state index in [-0.39, 0.29) is 22.8 Å². The molecule has 1 saturated heterocycles. The van der Waals surface area contributed by atoms with Crippen LogP contribution < -0.4 is 5.32 Å². The predicted molar refractivity (Wildman–Crippen MR) is 90.7 cm³/mol. The highest BCUT2D eigenvalue weighted by Crippen LogP contribution is 2.25. The van der Waals surface area contributed by atoms with Crippen LogP contribution in [0.3, 0.4) is 0 Å². The Hall–Kier alpha value is -1.47. The van der Waals surface area contributed by atoms with Crippen LogP contribution in [0.2, 0.25) is 0 Å². The highest BCUT2D eigenvalue weighted by atomic mass is 32.2. The lowest BCUT2D eigenvalue weighted by Gasteiger charge is -2.33. The molecular weight excluding hydrogens is 326 g/mol. The van der Waals surface area contributed by atoms with E-state index in [1.165, 1.54) is 16.9 Å². The maximum Gasteiger partial charge on any atom is 0.244 e. The second-order valence-electron chi connectivity index (χ2n) is 6.73. The minimum atomic E-state index is -3.54. The van der Waals surface area contributed by atoms with E-state index in [0.29, 0.717) is 13.1 Å². The van der Waals surface area contributed by atoms with Crippen LogP contribution in [-0.2, 0) is 14.8 Å². The van der Waals surface area contributed by atoms with Crippen molar-refractivity contribution in [2.24, 2.45) is 5.92 Å². The lowest BCUT2D eigenvalue weighted by atomic mass is 9.88. The first-order valence-electron chi connectivity index (χ1n) is 8.78. The second-order valence-corrected chi connectivity index (χ2v) is 8.67. The zero-order chi connectivity index (χ0) is 17.0. The van der Waals surface area contributed by atoms with Crippen LogP contribution in [0.15, 0.2) is 29.4 Å². The summed E-state index contributed by atoms with van der Waals surface area (Å²) in [6.45, 7) is 0.836. The zero-order valence-electron chi connectivity index (χ0n) is 13.9. The van der Waals surface area contributed by atoms with Crippen LogP contribution in [0, 0.1) is 5.92 Å². The van der Waals surface area contributed by atoms with E-state index in [0.717, 1.165) is 38.5 Å². The number of hydrogen-bond acceptors (Lipinski definition) is 4. The molecule has 2 heterocycles. The largest absolute Gasteiger partial charge is 0.352 e.